The van der Waals surface area contributed by atoms with Gasteiger partial charge in [-0.25, -0.2) is 0 Å². The third kappa shape index (κ3) is 0.851. The second kappa shape index (κ2) is 2.21. The molecule has 13 heavy (non-hydrogen) atoms. The Labute approximate surface area is 72.8 Å². The van der Waals surface area contributed by atoms with Gasteiger partial charge in [0.25, 0.3) is 0 Å². The van der Waals surface area contributed by atoms with Gasteiger partial charge in [-0.15, -0.1) is 0 Å². The van der Waals surface area contributed by atoms with E-state index in [2.05, 4.69) is 0 Å². The van der Waals surface area contributed by atoms with Crippen LogP contribution >= 0.6 is 0 Å². The molecule has 6 nitrogen and oxygen atoms in total. The molecule has 0 aromatic rings. The molecule has 6 heteroatoms. The normalized spacial score (nSPS) is 29.3. The Morgan fingerprint density at radius 2 is 1.38 bits per heavy atom. The minimum Gasteiger partial charge on any atom is -0.481 e. The van der Waals surface area contributed by atoms with Gasteiger partial charge in [0.15, 0.2) is 5.41 Å². The minimum absolute atomic E-state index is 0.361. The summed E-state index contributed by atoms with van der Waals surface area (Å²) in [7, 11) is 0. The number of carbonyl (C=O) groups is 3. The van der Waals surface area contributed by atoms with Gasteiger partial charge in [-0.3, -0.25) is 14.4 Å². The highest BCUT2D eigenvalue weighted by atomic mass is 16.4. The molecule has 0 bridgehead atoms. The summed E-state index contributed by atoms with van der Waals surface area (Å²) >= 11 is 0. The first kappa shape index (κ1) is 9.50. The smallest absolute Gasteiger partial charge is 0.322 e. The number of aliphatic carboxylic acids is 3. The maximum atomic E-state index is 10.6. The summed E-state index contributed by atoms with van der Waals surface area (Å²) in [6.07, 6.45) is -0.361. The zero-order valence-corrected chi connectivity index (χ0v) is 6.77. The van der Waals surface area contributed by atoms with E-state index in [0.717, 1.165) is 6.92 Å². The number of carboxylic acids is 3. The van der Waals surface area contributed by atoms with E-state index in [1.165, 1.54) is 0 Å². The molecule has 0 aromatic heterocycles. The SMILES string of the molecule is C[C@@]1(C(=O)O)CC1(C(=O)O)C(=O)O. The third-order valence-electron chi connectivity index (χ3n) is 2.64. The van der Waals surface area contributed by atoms with Crippen LogP contribution in [0.1, 0.15) is 13.3 Å². The third-order valence-corrected chi connectivity index (χ3v) is 2.64. The number of carboxylic acid groups (broad SMARTS) is 3. The van der Waals surface area contributed by atoms with Crippen LogP contribution < -0.4 is 0 Å². The Morgan fingerprint density at radius 1 is 1.00 bits per heavy atom. The fraction of sp³-hybridized carbons (Fsp3) is 0.571. The summed E-state index contributed by atoms with van der Waals surface area (Å²) in [5.41, 5.74) is -3.82. The molecule has 0 spiro atoms. The molecule has 1 saturated carbocycles. The standard InChI is InChI=1S/C7H8O6/c1-6(3(8)9)2-7(6,4(10)11)5(12)13/h2H2,1H3,(H,8,9)(H,10,11)(H,12,13)/t6-/m0/s1. The number of hydrogen-bond acceptors (Lipinski definition) is 3. The molecule has 1 rings (SSSR count). The second-order valence-electron chi connectivity index (χ2n) is 3.33. The first-order valence-corrected chi connectivity index (χ1v) is 3.49. The van der Waals surface area contributed by atoms with E-state index in [4.69, 9.17) is 15.3 Å². The van der Waals surface area contributed by atoms with Crippen molar-refractivity contribution in [2.75, 3.05) is 0 Å². The number of rotatable bonds is 3. The molecule has 1 fully saturated rings. The highest BCUT2D eigenvalue weighted by Crippen LogP contribution is 2.64. The van der Waals surface area contributed by atoms with Crippen LogP contribution in [0.15, 0.2) is 0 Å². The van der Waals surface area contributed by atoms with Gasteiger partial charge in [0, 0.05) is 0 Å². The van der Waals surface area contributed by atoms with Gasteiger partial charge in [0.2, 0.25) is 0 Å². The zero-order chi connectivity index (χ0) is 10.4. The molecule has 72 valence electrons. The lowest BCUT2D eigenvalue weighted by atomic mass is 9.94. The Kier molecular flexibility index (Phi) is 1.62. The number of hydrogen-bond donors (Lipinski definition) is 3. The largest absolute Gasteiger partial charge is 0.481 e. The fourth-order valence-corrected chi connectivity index (χ4v) is 1.46. The van der Waals surface area contributed by atoms with Crippen molar-refractivity contribution in [2.45, 2.75) is 13.3 Å². The van der Waals surface area contributed by atoms with Crippen LogP contribution in [0.4, 0.5) is 0 Å². The second-order valence-corrected chi connectivity index (χ2v) is 3.33. The molecule has 0 unspecified atom stereocenters. The lowest BCUT2D eigenvalue weighted by Gasteiger charge is -2.09. The van der Waals surface area contributed by atoms with Crippen molar-refractivity contribution in [3.63, 3.8) is 0 Å². The van der Waals surface area contributed by atoms with Gasteiger partial charge in [-0.1, -0.05) is 0 Å². The van der Waals surface area contributed by atoms with Crippen LogP contribution in [0.2, 0.25) is 0 Å². The highest BCUT2D eigenvalue weighted by Gasteiger charge is 2.79. The van der Waals surface area contributed by atoms with E-state index in [0.29, 0.717) is 0 Å². The lowest BCUT2D eigenvalue weighted by molar-refractivity contribution is -0.163. The maximum Gasteiger partial charge on any atom is 0.322 e. The molecule has 0 aliphatic heterocycles. The van der Waals surface area contributed by atoms with E-state index in [1.54, 1.807) is 0 Å². The Balaban J connectivity index is 3.11. The van der Waals surface area contributed by atoms with Crippen molar-refractivity contribution in [1.82, 2.24) is 0 Å². The van der Waals surface area contributed by atoms with Gasteiger partial charge in [-0.2, -0.15) is 0 Å². The van der Waals surface area contributed by atoms with Crippen LogP contribution in [0.5, 0.6) is 0 Å². The predicted molar refractivity (Wildman–Crippen MR) is 38.1 cm³/mol. The van der Waals surface area contributed by atoms with Crippen LogP contribution in [-0.4, -0.2) is 33.2 Å². The summed E-state index contributed by atoms with van der Waals surface area (Å²) in [6, 6.07) is 0. The Morgan fingerprint density at radius 3 is 1.46 bits per heavy atom. The maximum absolute atomic E-state index is 10.6. The van der Waals surface area contributed by atoms with E-state index in [9.17, 15) is 14.4 Å². The Bertz CT molecular complexity index is 292. The van der Waals surface area contributed by atoms with Gasteiger partial charge in [0.05, 0.1) is 5.41 Å². The van der Waals surface area contributed by atoms with Gasteiger partial charge < -0.3 is 15.3 Å². The van der Waals surface area contributed by atoms with Crippen LogP contribution in [-0.2, 0) is 14.4 Å². The quantitative estimate of drug-likeness (QED) is 0.521. The lowest BCUT2D eigenvalue weighted by Crippen LogP contribution is -2.34. The molecule has 0 amide bonds. The summed E-state index contributed by atoms with van der Waals surface area (Å²) in [5.74, 6) is -4.58. The van der Waals surface area contributed by atoms with Gasteiger partial charge in [0.1, 0.15) is 0 Å². The van der Waals surface area contributed by atoms with E-state index >= 15 is 0 Å². The average molecular weight is 188 g/mol. The van der Waals surface area contributed by atoms with Crippen LogP contribution in [0.25, 0.3) is 0 Å². The summed E-state index contributed by atoms with van der Waals surface area (Å²) in [5, 5.41) is 25.8. The molecule has 0 heterocycles. The fourth-order valence-electron chi connectivity index (χ4n) is 1.46. The van der Waals surface area contributed by atoms with Crippen molar-refractivity contribution in [3.8, 4) is 0 Å². The Hall–Kier alpha value is -1.59. The molecule has 0 aromatic carbocycles. The van der Waals surface area contributed by atoms with Crippen molar-refractivity contribution < 1.29 is 29.7 Å². The molecule has 1 aliphatic carbocycles. The summed E-state index contributed by atoms with van der Waals surface area (Å²) < 4.78 is 0. The van der Waals surface area contributed by atoms with Gasteiger partial charge >= 0.3 is 17.9 Å². The van der Waals surface area contributed by atoms with Crippen molar-refractivity contribution in [3.05, 3.63) is 0 Å². The summed E-state index contributed by atoms with van der Waals surface area (Å²) in [4.78, 5) is 31.8. The van der Waals surface area contributed by atoms with Crippen molar-refractivity contribution >= 4 is 17.9 Å². The highest BCUT2D eigenvalue weighted by molar-refractivity contribution is 6.09. The molecule has 1 atom stereocenters. The molecular weight excluding hydrogens is 180 g/mol. The van der Waals surface area contributed by atoms with E-state index in [1.807, 2.05) is 0 Å². The molecule has 3 N–H and O–H groups in total. The van der Waals surface area contributed by atoms with E-state index in [-0.39, 0.29) is 6.42 Å². The predicted octanol–water partition coefficient (Wildman–Crippen LogP) is -0.363. The minimum atomic E-state index is -2.14. The monoisotopic (exact) mass is 188 g/mol. The zero-order valence-electron chi connectivity index (χ0n) is 6.77. The molecule has 0 saturated heterocycles. The van der Waals surface area contributed by atoms with E-state index < -0.39 is 28.7 Å². The van der Waals surface area contributed by atoms with Crippen molar-refractivity contribution in [1.29, 1.82) is 0 Å². The molecule has 1 aliphatic rings. The topological polar surface area (TPSA) is 112 Å². The molecule has 0 radical (unpaired) electrons. The first-order valence-electron chi connectivity index (χ1n) is 3.49. The van der Waals surface area contributed by atoms with Crippen LogP contribution in [0, 0.1) is 10.8 Å². The van der Waals surface area contributed by atoms with Crippen LogP contribution in [0.3, 0.4) is 0 Å². The first-order chi connectivity index (χ1) is 5.79. The average Bonchev–Trinajstić information content (AvgIpc) is 2.59. The van der Waals surface area contributed by atoms with Crippen molar-refractivity contribution in [2.24, 2.45) is 10.8 Å². The molecular formula is C7H8O6. The van der Waals surface area contributed by atoms with Gasteiger partial charge in [-0.05, 0) is 13.3 Å². The summed E-state index contributed by atoms with van der Waals surface area (Å²) in [6.45, 7) is 1.12.